The molecule has 3 aromatic rings. The van der Waals surface area contributed by atoms with E-state index < -0.39 is 0 Å². The molecule has 0 aliphatic rings. The van der Waals surface area contributed by atoms with Crippen LogP contribution in [0.5, 0.6) is 0 Å². The second-order valence-electron chi connectivity index (χ2n) is 5.10. The van der Waals surface area contributed by atoms with Gasteiger partial charge in [0.15, 0.2) is 0 Å². The van der Waals surface area contributed by atoms with Crippen molar-refractivity contribution in [3.63, 3.8) is 0 Å². The van der Waals surface area contributed by atoms with Crippen molar-refractivity contribution < 1.29 is 0 Å². The van der Waals surface area contributed by atoms with Crippen molar-refractivity contribution in [3.05, 3.63) is 75.7 Å². The largest absolute Gasteiger partial charge is 0.368 e. The molecule has 1 heterocycles. The van der Waals surface area contributed by atoms with Crippen LogP contribution in [0.4, 0.5) is 0 Å². The monoisotopic (exact) mass is 280 g/mol. The average molecular weight is 280 g/mol. The molecule has 0 unspecified atom stereocenters. The van der Waals surface area contributed by atoms with Crippen LogP contribution in [0, 0.1) is 13.8 Å². The van der Waals surface area contributed by atoms with E-state index in [4.69, 9.17) is 0 Å². The van der Waals surface area contributed by atoms with Gasteiger partial charge in [-0.3, -0.25) is 0 Å². The fraction of sp³-hybridized carbons (Fsp3) is 0.188. The van der Waals surface area contributed by atoms with Gasteiger partial charge in [0.2, 0.25) is 0 Å². The summed E-state index contributed by atoms with van der Waals surface area (Å²) in [6, 6.07) is 15.5. The number of benzene rings is 2. The van der Waals surface area contributed by atoms with Gasteiger partial charge in [0, 0.05) is 0 Å². The summed E-state index contributed by atoms with van der Waals surface area (Å²) in [5.74, 6) is 0. The third-order valence-corrected chi connectivity index (χ3v) is 3.46. The summed E-state index contributed by atoms with van der Waals surface area (Å²) in [7, 11) is 0. The summed E-state index contributed by atoms with van der Waals surface area (Å²) in [5.41, 5.74) is 3.87. The van der Waals surface area contributed by atoms with Gasteiger partial charge < -0.3 is 0 Å². The summed E-state index contributed by atoms with van der Waals surface area (Å²) >= 11 is 0. The van der Waals surface area contributed by atoms with Gasteiger partial charge in [0.25, 0.3) is 0 Å². The van der Waals surface area contributed by atoms with Crippen LogP contribution in [-0.4, -0.2) is 19.8 Å². The van der Waals surface area contributed by atoms with Gasteiger partial charge in [0.1, 0.15) is 0 Å². The van der Waals surface area contributed by atoms with Gasteiger partial charge in [-0.1, -0.05) is 42.0 Å². The Morgan fingerprint density at radius 3 is 2.52 bits per heavy atom. The minimum absolute atomic E-state index is 0.234. The standard InChI is InChI=1S/C16H16N4O/c1-12-8-9-13(2)14(10-12)11-19-16(21)20(18-17-19)15-6-4-3-5-7-15/h3-10H,11H2,1-2H3. The molecular weight excluding hydrogens is 264 g/mol. The predicted molar refractivity (Wildman–Crippen MR) is 80.6 cm³/mol. The Balaban J connectivity index is 1.97. The van der Waals surface area contributed by atoms with Crippen molar-refractivity contribution in [3.8, 4) is 5.69 Å². The van der Waals surface area contributed by atoms with E-state index in [1.807, 2.05) is 44.2 Å². The summed E-state index contributed by atoms with van der Waals surface area (Å²) in [4.78, 5) is 12.4. The predicted octanol–water partition coefficient (Wildman–Crippen LogP) is 2.09. The van der Waals surface area contributed by atoms with Crippen molar-refractivity contribution in [2.24, 2.45) is 0 Å². The highest BCUT2D eigenvalue weighted by atomic mass is 16.2. The second kappa shape index (κ2) is 5.36. The first-order valence-electron chi connectivity index (χ1n) is 6.79. The van der Waals surface area contributed by atoms with Crippen LogP contribution in [0.2, 0.25) is 0 Å². The zero-order chi connectivity index (χ0) is 14.8. The van der Waals surface area contributed by atoms with E-state index in [9.17, 15) is 4.79 Å². The second-order valence-corrected chi connectivity index (χ2v) is 5.10. The Morgan fingerprint density at radius 2 is 1.76 bits per heavy atom. The van der Waals surface area contributed by atoms with Crippen molar-refractivity contribution in [1.82, 2.24) is 19.8 Å². The first-order valence-corrected chi connectivity index (χ1v) is 6.79. The molecule has 0 bridgehead atoms. The van der Waals surface area contributed by atoms with Crippen LogP contribution >= 0.6 is 0 Å². The van der Waals surface area contributed by atoms with E-state index in [1.54, 1.807) is 0 Å². The molecule has 0 saturated heterocycles. The lowest BCUT2D eigenvalue weighted by Crippen LogP contribution is -2.25. The van der Waals surface area contributed by atoms with E-state index in [0.717, 1.165) is 16.8 Å². The SMILES string of the molecule is Cc1ccc(C)c(Cn2nnn(-c3ccccc3)c2=O)c1. The molecule has 21 heavy (non-hydrogen) atoms. The van der Waals surface area contributed by atoms with E-state index in [1.165, 1.54) is 14.9 Å². The van der Waals surface area contributed by atoms with Gasteiger partial charge in [-0.05, 0) is 47.5 Å². The van der Waals surface area contributed by atoms with Crippen LogP contribution in [0.1, 0.15) is 16.7 Å². The van der Waals surface area contributed by atoms with E-state index in [2.05, 4.69) is 28.6 Å². The van der Waals surface area contributed by atoms with Crippen LogP contribution < -0.4 is 5.69 Å². The number of tetrazole rings is 1. The Kier molecular flexibility index (Phi) is 3.39. The zero-order valence-corrected chi connectivity index (χ0v) is 12.0. The molecule has 5 nitrogen and oxygen atoms in total. The third-order valence-electron chi connectivity index (χ3n) is 3.46. The Morgan fingerprint density at radius 1 is 1.00 bits per heavy atom. The Hall–Kier alpha value is -2.69. The topological polar surface area (TPSA) is 52.7 Å². The Bertz CT molecular complexity index is 818. The molecule has 3 rings (SSSR count). The van der Waals surface area contributed by atoms with Gasteiger partial charge in [-0.15, -0.1) is 0 Å². The molecule has 1 aromatic heterocycles. The lowest BCUT2D eigenvalue weighted by atomic mass is 10.1. The smallest absolute Gasteiger partial charge is 0.244 e. The first-order chi connectivity index (χ1) is 10.1. The lowest BCUT2D eigenvalue weighted by molar-refractivity contribution is 0.629. The summed E-state index contributed by atoms with van der Waals surface area (Å²) < 4.78 is 2.69. The number of rotatable bonds is 3. The van der Waals surface area contributed by atoms with Crippen LogP contribution in [-0.2, 0) is 6.54 Å². The molecule has 0 aliphatic heterocycles. The minimum atomic E-state index is -0.234. The highest BCUT2D eigenvalue weighted by Crippen LogP contribution is 2.11. The highest BCUT2D eigenvalue weighted by molar-refractivity contribution is 5.31. The fourth-order valence-electron chi connectivity index (χ4n) is 2.24. The minimum Gasteiger partial charge on any atom is -0.244 e. The summed E-state index contributed by atoms with van der Waals surface area (Å²) in [6.07, 6.45) is 0. The quantitative estimate of drug-likeness (QED) is 0.738. The van der Waals surface area contributed by atoms with E-state index in [0.29, 0.717) is 6.54 Å². The van der Waals surface area contributed by atoms with Crippen molar-refractivity contribution in [1.29, 1.82) is 0 Å². The summed E-state index contributed by atoms with van der Waals surface area (Å²) in [6.45, 7) is 4.49. The van der Waals surface area contributed by atoms with Gasteiger partial charge in [0.05, 0.1) is 12.2 Å². The van der Waals surface area contributed by atoms with Crippen LogP contribution in [0.15, 0.2) is 53.3 Å². The van der Waals surface area contributed by atoms with Gasteiger partial charge >= 0.3 is 5.69 Å². The molecule has 0 fully saturated rings. The maximum Gasteiger partial charge on any atom is 0.368 e. The van der Waals surface area contributed by atoms with Gasteiger partial charge in [-0.25, -0.2) is 4.79 Å². The summed E-state index contributed by atoms with van der Waals surface area (Å²) in [5, 5.41) is 7.93. The molecule has 0 N–H and O–H groups in total. The molecule has 0 amide bonds. The number of aryl methyl sites for hydroxylation is 2. The molecule has 0 saturated carbocycles. The number of nitrogens with zero attached hydrogens (tertiary/aromatic N) is 4. The van der Waals surface area contributed by atoms with E-state index >= 15 is 0 Å². The van der Waals surface area contributed by atoms with Crippen LogP contribution in [0.25, 0.3) is 5.69 Å². The number of hydrogen-bond acceptors (Lipinski definition) is 3. The lowest BCUT2D eigenvalue weighted by Gasteiger charge is -2.05. The van der Waals surface area contributed by atoms with E-state index in [-0.39, 0.29) is 5.69 Å². The molecule has 106 valence electrons. The molecule has 0 atom stereocenters. The molecule has 0 spiro atoms. The third kappa shape index (κ3) is 2.63. The average Bonchev–Trinajstić information content (AvgIpc) is 2.85. The highest BCUT2D eigenvalue weighted by Gasteiger charge is 2.10. The molecule has 0 radical (unpaired) electrons. The van der Waals surface area contributed by atoms with Crippen molar-refractivity contribution in [2.45, 2.75) is 20.4 Å². The van der Waals surface area contributed by atoms with Crippen LogP contribution in [0.3, 0.4) is 0 Å². The van der Waals surface area contributed by atoms with Crippen molar-refractivity contribution in [2.75, 3.05) is 0 Å². The first kappa shape index (κ1) is 13.3. The molecular formula is C16H16N4O. The normalized spacial score (nSPS) is 10.8. The Labute approximate surface area is 122 Å². The molecule has 5 heteroatoms. The molecule has 2 aromatic carbocycles. The number of hydrogen-bond donors (Lipinski definition) is 0. The maximum atomic E-state index is 12.4. The fourth-order valence-corrected chi connectivity index (χ4v) is 2.24. The van der Waals surface area contributed by atoms with Crippen molar-refractivity contribution >= 4 is 0 Å². The maximum absolute atomic E-state index is 12.4. The van der Waals surface area contributed by atoms with Gasteiger partial charge in [-0.2, -0.15) is 9.36 Å². The number of aromatic nitrogens is 4. The number of para-hydroxylation sites is 1. The zero-order valence-electron chi connectivity index (χ0n) is 12.0. The molecule has 0 aliphatic carbocycles.